The van der Waals surface area contributed by atoms with Gasteiger partial charge < -0.3 is 9.73 Å². The van der Waals surface area contributed by atoms with Crippen molar-refractivity contribution in [3.8, 4) is 11.3 Å². The van der Waals surface area contributed by atoms with Crippen molar-refractivity contribution < 1.29 is 17.6 Å². The molecule has 2 aromatic heterocycles. The third kappa shape index (κ3) is 2.92. The van der Waals surface area contributed by atoms with E-state index < -0.39 is 11.7 Å². The van der Waals surface area contributed by atoms with E-state index in [1.54, 1.807) is 6.20 Å². The van der Waals surface area contributed by atoms with Gasteiger partial charge in [-0.3, -0.25) is 5.10 Å². The lowest BCUT2D eigenvalue weighted by Gasteiger charge is -2.08. The molecule has 1 aromatic carbocycles. The Morgan fingerprint density at radius 2 is 1.95 bits per heavy atom. The van der Waals surface area contributed by atoms with Crippen LogP contribution in [0.2, 0.25) is 0 Å². The highest BCUT2D eigenvalue weighted by molar-refractivity contribution is 5.63. The molecule has 0 fully saturated rings. The molecule has 0 aliphatic rings. The first kappa shape index (κ1) is 14.1. The molecule has 6 nitrogen and oxygen atoms in total. The van der Waals surface area contributed by atoms with Crippen LogP contribution in [0, 0.1) is 0 Å². The van der Waals surface area contributed by atoms with Crippen LogP contribution in [0.15, 0.2) is 41.3 Å². The average Bonchev–Trinajstić information content (AvgIpc) is 3.16. The quantitative estimate of drug-likeness (QED) is 0.774. The molecule has 0 radical (unpaired) electrons. The minimum Gasteiger partial charge on any atom is -0.411 e. The highest BCUT2D eigenvalue weighted by Crippen LogP contribution is 2.31. The normalized spacial score (nSPS) is 11.6. The number of hydrogen-bond donors (Lipinski definition) is 2. The smallest absolute Gasteiger partial charge is 0.411 e. The molecule has 114 valence electrons. The second-order valence-corrected chi connectivity index (χ2v) is 4.44. The predicted octanol–water partition coefficient (Wildman–Crippen LogP) is 3.09. The molecule has 0 unspecified atom stereocenters. The molecule has 2 heterocycles. The Kier molecular flexibility index (Phi) is 3.53. The Hall–Kier alpha value is -2.84. The van der Waals surface area contributed by atoms with Crippen LogP contribution in [0.25, 0.3) is 11.3 Å². The van der Waals surface area contributed by atoms with Crippen molar-refractivity contribution >= 4 is 6.01 Å². The lowest BCUT2D eigenvalue weighted by atomic mass is 10.1. The van der Waals surface area contributed by atoms with Gasteiger partial charge in [0.2, 0.25) is 6.39 Å². The Balaban J connectivity index is 1.79. The molecule has 3 aromatic rings. The molecule has 9 heteroatoms. The molecular formula is C13H10F3N5O. The first-order valence-corrected chi connectivity index (χ1v) is 6.24. The van der Waals surface area contributed by atoms with Gasteiger partial charge >= 0.3 is 12.2 Å². The largest absolute Gasteiger partial charge is 0.416 e. The Labute approximate surface area is 122 Å². The molecule has 0 saturated carbocycles. The fourth-order valence-electron chi connectivity index (χ4n) is 1.94. The summed E-state index contributed by atoms with van der Waals surface area (Å²) >= 11 is 0. The molecule has 0 amide bonds. The van der Waals surface area contributed by atoms with Crippen LogP contribution in [0.3, 0.4) is 0 Å². The van der Waals surface area contributed by atoms with Gasteiger partial charge in [0.25, 0.3) is 0 Å². The van der Waals surface area contributed by atoms with Gasteiger partial charge in [0.05, 0.1) is 17.5 Å². The van der Waals surface area contributed by atoms with Crippen LogP contribution in [-0.4, -0.2) is 20.4 Å². The highest BCUT2D eigenvalue weighted by atomic mass is 19.4. The summed E-state index contributed by atoms with van der Waals surface area (Å²) in [7, 11) is 0. The number of hydrogen-bond acceptors (Lipinski definition) is 5. The van der Waals surface area contributed by atoms with Crippen molar-refractivity contribution in [2.75, 3.05) is 5.32 Å². The Bertz CT molecular complexity index is 734. The number of alkyl halides is 3. The number of aromatic amines is 1. The maximum absolute atomic E-state index is 12.6. The third-order valence-corrected chi connectivity index (χ3v) is 3.01. The summed E-state index contributed by atoms with van der Waals surface area (Å²) < 4.78 is 42.6. The monoisotopic (exact) mass is 309 g/mol. The van der Waals surface area contributed by atoms with Gasteiger partial charge in [0.1, 0.15) is 0 Å². The summed E-state index contributed by atoms with van der Waals surface area (Å²) in [5.41, 5.74) is 1.30. The summed E-state index contributed by atoms with van der Waals surface area (Å²) in [5.74, 6) is 0. The molecule has 0 saturated heterocycles. The van der Waals surface area contributed by atoms with Crippen molar-refractivity contribution in [1.29, 1.82) is 0 Å². The number of benzene rings is 1. The standard InChI is InChI=1S/C13H10F3N5O/c14-13(15,16)10-3-1-8(2-4-10)11-9(6-18-20-11)5-17-12-21-19-7-22-12/h1-4,6-7H,5H2,(H,17,21)(H,18,20). The van der Waals surface area contributed by atoms with E-state index in [-0.39, 0.29) is 6.01 Å². The van der Waals surface area contributed by atoms with Gasteiger partial charge in [0, 0.05) is 12.1 Å². The fraction of sp³-hybridized carbons (Fsp3) is 0.154. The number of H-pyrrole nitrogens is 1. The number of nitrogens with one attached hydrogen (secondary N) is 2. The molecule has 0 aliphatic heterocycles. The van der Waals surface area contributed by atoms with Crippen LogP contribution in [0.5, 0.6) is 0 Å². The second kappa shape index (κ2) is 5.51. The van der Waals surface area contributed by atoms with E-state index in [1.165, 1.54) is 18.5 Å². The molecule has 0 spiro atoms. The van der Waals surface area contributed by atoms with Crippen LogP contribution in [-0.2, 0) is 12.7 Å². The molecule has 0 aliphatic carbocycles. The van der Waals surface area contributed by atoms with Gasteiger partial charge in [-0.1, -0.05) is 17.2 Å². The Morgan fingerprint density at radius 3 is 2.59 bits per heavy atom. The van der Waals surface area contributed by atoms with E-state index in [4.69, 9.17) is 4.42 Å². The summed E-state index contributed by atoms with van der Waals surface area (Å²) in [6.45, 7) is 0.342. The average molecular weight is 309 g/mol. The molecule has 0 atom stereocenters. The Morgan fingerprint density at radius 1 is 1.18 bits per heavy atom. The summed E-state index contributed by atoms with van der Waals surface area (Å²) in [5, 5.41) is 16.8. The SMILES string of the molecule is FC(F)(F)c1ccc(-c2[nH]ncc2CNc2nnco2)cc1. The molecule has 22 heavy (non-hydrogen) atoms. The van der Waals surface area contributed by atoms with Crippen molar-refractivity contribution in [2.24, 2.45) is 0 Å². The van der Waals surface area contributed by atoms with Crippen LogP contribution < -0.4 is 5.32 Å². The van der Waals surface area contributed by atoms with Crippen LogP contribution in [0.1, 0.15) is 11.1 Å². The summed E-state index contributed by atoms with van der Waals surface area (Å²) in [4.78, 5) is 0. The van der Waals surface area contributed by atoms with Crippen molar-refractivity contribution in [3.63, 3.8) is 0 Å². The maximum Gasteiger partial charge on any atom is 0.416 e. The zero-order chi connectivity index (χ0) is 15.6. The maximum atomic E-state index is 12.6. The third-order valence-electron chi connectivity index (χ3n) is 3.01. The van der Waals surface area contributed by atoms with Gasteiger partial charge in [-0.15, -0.1) is 5.10 Å². The van der Waals surface area contributed by atoms with Crippen LogP contribution in [0.4, 0.5) is 19.2 Å². The van der Waals surface area contributed by atoms with E-state index in [0.717, 1.165) is 17.7 Å². The van der Waals surface area contributed by atoms with E-state index >= 15 is 0 Å². The lowest BCUT2D eigenvalue weighted by molar-refractivity contribution is -0.137. The van der Waals surface area contributed by atoms with Gasteiger partial charge in [0.15, 0.2) is 0 Å². The molecule has 2 N–H and O–H groups in total. The molecule has 0 bridgehead atoms. The van der Waals surface area contributed by atoms with Gasteiger partial charge in [-0.2, -0.15) is 18.3 Å². The first-order chi connectivity index (χ1) is 10.5. The number of aromatic nitrogens is 4. The number of halogens is 3. The van der Waals surface area contributed by atoms with E-state index in [1.807, 2.05) is 0 Å². The summed E-state index contributed by atoms with van der Waals surface area (Å²) in [6.07, 6.45) is -1.58. The van der Waals surface area contributed by atoms with Crippen molar-refractivity contribution in [1.82, 2.24) is 20.4 Å². The predicted molar refractivity (Wildman–Crippen MR) is 70.7 cm³/mol. The van der Waals surface area contributed by atoms with E-state index in [9.17, 15) is 13.2 Å². The molecular weight excluding hydrogens is 299 g/mol. The zero-order valence-corrected chi connectivity index (χ0v) is 11.1. The number of rotatable bonds is 4. The van der Waals surface area contributed by atoms with E-state index in [0.29, 0.717) is 17.8 Å². The number of anilines is 1. The van der Waals surface area contributed by atoms with Crippen molar-refractivity contribution in [2.45, 2.75) is 12.7 Å². The topological polar surface area (TPSA) is 79.6 Å². The second-order valence-electron chi connectivity index (χ2n) is 4.44. The first-order valence-electron chi connectivity index (χ1n) is 6.24. The molecule has 3 rings (SSSR count). The van der Waals surface area contributed by atoms with Crippen LogP contribution >= 0.6 is 0 Å². The van der Waals surface area contributed by atoms with E-state index in [2.05, 4.69) is 25.7 Å². The fourth-order valence-corrected chi connectivity index (χ4v) is 1.94. The zero-order valence-electron chi connectivity index (χ0n) is 11.1. The van der Waals surface area contributed by atoms with Gasteiger partial charge in [-0.25, -0.2) is 0 Å². The minimum atomic E-state index is -4.35. The minimum absolute atomic E-state index is 0.250. The lowest BCUT2D eigenvalue weighted by Crippen LogP contribution is -2.04. The van der Waals surface area contributed by atoms with Crippen molar-refractivity contribution in [3.05, 3.63) is 48.0 Å². The van der Waals surface area contributed by atoms with Gasteiger partial charge in [-0.05, 0) is 17.7 Å². The highest BCUT2D eigenvalue weighted by Gasteiger charge is 2.30. The summed E-state index contributed by atoms with van der Waals surface area (Å²) in [6, 6.07) is 5.11. The number of nitrogens with zero attached hydrogens (tertiary/aromatic N) is 3.